The van der Waals surface area contributed by atoms with Crippen LogP contribution in [0.5, 0.6) is 0 Å². The molecule has 0 aromatic heterocycles. The fourth-order valence-electron chi connectivity index (χ4n) is 4.70. The second kappa shape index (κ2) is 17.0. The van der Waals surface area contributed by atoms with Crippen molar-refractivity contribution in [2.45, 2.75) is 109 Å². The fraction of sp³-hybridized carbons (Fsp3) is 0.415. The lowest BCUT2D eigenvalue weighted by Gasteiger charge is -2.18. The van der Waals surface area contributed by atoms with Crippen molar-refractivity contribution in [3.05, 3.63) is 140 Å². The predicted octanol–water partition coefficient (Wildman–Crippen LogP) is 12.0. The highest BCUT2D eigenvalue weighted by atomic mass is 14.2. The Morgan fingerprint density at radius 1 is 0.463 bits per heavy atom. The van der Waals surface area contributed by atoms with E-state index in [2.05, 4.69) is 176 Å². The van der Waals surface area contributed by atoms with E-state index in [1.165, 1.54) is 67.6 Å². The van der Waals surface area contributed by atoms with E-state index < -0.39 is 0 Å². The zero-order valence-corrected chi connectivity index (χ0v) is 28.8. The first-order valence-corrected chi connectivity index (χ1v) is 15.2. The van der Waals surface area contributed by atoms with Gasteiger partial charge in [-0.2, -0.15) is 0 Å². The molecule has 0 radical (unpaired) electrons. The molecule has 0 nitrogen and oxygen atoms in total. The Morgan fingerprint density at radius 3 is 1.15 bits per heavy atom. The van der Waals surface area contributed by atoms with Gasteiger partial charge in [0, 0.05) is 0 Å². The quantitative estimate of drug-likeness (QED) is 0.233. The Kier molecular flexibility index (Phi) is 14.9. The zero-order valence-electron chi connectivity index (χ0n) is 28.8. The van der Waals surface area contributed by atoms with E-state index in [9.17, 15) is 0 Å². The first kappa shape index (κ1) is 35.9. The molecule has 0 aliphatic carbocycles. The third kappa shape index (κ3) is 14.9. The van der Waals surface area contributed by atoms with Crippen LogP contribution in [-0.4, -0.2) is 0 Å². The highest BCUT2D eigenvalue weighted by Crippen LogP contribution is 2.21. The molecular weight excluding hydrogens is 492 g/mol. The standard InChI is InChI=1S/2C11H16.C10H14.C9H12/c1-9-5-7-10(8-6-9)11(2,3)4;1-9(2)8-11-6-4-10(3)5-7-11;1-7-5-8(2)10(4)9(3)6-7;1-7-4-8(2)6-9(3)5-7/h5-8H,1-4H3;4-7,9H,8H2,1-3H3;5-6H,1-4H3;4-6H,1-3H3. The molecule has 222 valence electrons. The molecule has 0 amide bonds. The highest BCUT2D eigenvalue weighted by Gasteiger charge is 2.11. The summed E-state index contributed by atoms with van der Waals surface area (Å²) in [6, 6.07) is 28.5. The van der Waals surface area contributed by atoms with Gasteiger partial charge in [-0.25, -0.2) is 0 Å². The second-order valence-corrected chi connectivity index (χ2v) is 13.4. The lowest BCUT2D eigenvalue weighted by Crippen LogP contribution is -2.10. The molecule has 0 unspecified atom stereocenters. The van der Waals surface area contributed by atoms with E-state index in [1.54, 1.807) is 0 Å². The van der Waals surface area contributed by atoms with E-state index in [0.717, 1.165) is 5.92 Å². The third-order valence-corrected chi connectivity index (χ3v) is 7.12. The molecule has 41 heavy (non-hydrogen) atoms. The van der Waals surface area contributed by atoms with Gasteiger partial charge >= 0.3 is 0 Å². The minimum Gasteiger partial charge on any atom is -0.0625 e. The molecule has 4 aromatic rings. The van der Waals surface area contributed by atoms with Crippen molar-refractivity contribution < 1.29 is 0 Å². The lowest BCUT2D eigenvalue weighted by atomic mass is 9.87. The largest absolute Gasteiger partial charge is 0.0625 e. The van der Waals surface area contributed by atoms with E-state index >= 15 is 0 Å². The van der Waals surface area contributed by atoms with Crippen molar-refractivity contribution in [2.24, 2.45) is 5.92 Å². The number of hydrogen-bond acceptors (Lipinski definition) is 0. The van der Waals surface area contributed by atoms with Gasteiger partial charge in [0.2, 0.25) is 0 Å². The van der Waals surface area contributed by atoms with E-state index in [1.807, 2.05) is 0 Å². The maximum Gasteiger partial charge on any atom is -0.0132 e. The molecule has 0 saturated carbocycles. The molecule has 0 spiro atoms. The predicted molar refractivity (Wildman–Crippen MR) is 186 cm³/mol. The van der Waals surface area contributed by atoms with Crippen LogP contribution in [0.15, 0.2) is 78.9 Å². The third-order valence-electron chi connectivity index (χ3n) is 7.12. The Labute approximate surface area is 254 Å². The molecule has 0 atom stereocenters. The summed E-state index contributed by atoms with van der Waals surface area (Å²) < 4.78 is 0. The van der Waals surface area contributed by atoms with Gasteiger partial charge in [-0.1, -0.05) is 147 Å². The maximum absolute atomic E-state index is 2.25. The van der Waals surface area contributed by atoms with Crippen molar-refractivity contribution in [2.75, 3.05) is 0 Å². The minimum atomic E-state index is 0.285. The van der Waals surface area contributed by atoms with Gasteiger partial charge in [-0.05, 0) is 108 Å². The van der Waals surface area contributed by atoms with Crippen molar-refractivity contribution in [1.29, 1.82) is 0 Å². The minimum absolute atomic E-state index is 0.285. The molecule has 0 heterocycles. The molecule has 0 fully saturated rings. The van der Waals surface area contributed by atoms with Crippen LogP contribution in [0, 0.1) is 68.2 Å². The van der Waals surface area contributed by atoms with E-state index in [4.69, 9.17) is 0 Å². The Balaban J connectivity index is 0.000000274. The van der Waals surface area contributed by atoms with Crippen molar-refractivity contribution >= 4 is 0 Å². The van der Waals surface area contributed by atoms with E-state index in [-0.39, 0.29) is 5.41 Å². The van der Waals surface area contributed by atoms with Crippen LogP contribution in [0.2, 0.25) is 0 Å². The topological polar surface area (TPSA) is 0 Å². The number of benzene rings is 4. The molecule has 0 aliphatic rings. The number of hydrogen-bond donors (Lipinski definition) is 0. The van der Waals surface area contributed by atoms with Gasteiger partial charge in [0.15, 0.2) is 0 Å². The van der Waals surface area contributed by atoms with Gasteiger partial charge in [-0.15, -0.1) is 0 Å². The Bertz CT molecular complexity index is 1240. The highest BCUT2D eigenvalue weighted by molar-refractivity contribution is 5.36. The summed E-state index contributed by atoms with van der Waals surface area (Å²) in [6.07, 6.45) is 1.19. The molecule has 0 saturated heterocycles. The fourth-order valence-corrected chi connectivity index (χ4v) is 4.70. The van der Waals surface area contributed by atoms with Crippen molar-refractivity contribution in [3.63, 3.8) is 0 Å². The summed E-state index contributed by atoms with van der Waals surface area (Å²) >= 11 is 0. The van der Waals surface area contributed by atoms with Crippen LogP contribution in [-0.2, 0) is 11.8 Å². The van der Waals surface area contributed by atoms with Gasteiger partial charge < -0.3 is 0 Å². The van der Waals surface area contributed by atoms with Crippen molar-refractivity contribution in [1.82, 2.24) is 0 Å². The van der Waals surface area contributed by atoms with Gasteiger partial charge in [-0.3, -0.25) is 0 Å². The molecule has 0 aliphatic heterocycles. The molecule has 0 heteroatoms. The Morgan fingerprint density at radius 2 is 0.805 bits per heavy atom. The summed E-state index contributed by atoms with van der Waals surface area (Å²) in [5.41, 5.74) is 15.5. The molecular formula is C41H58. The summed E-state index contributed by atoms with van der Waals surface area (Å²) in [6.45, 7) is 30.5. The first-order chi connectivity index (χ1) is 19.0. The first-order valence-electron chi connectivity index (χ1n) is 15.2. The average Bonchev–Trinajstić information content (AvgIpc) is 2.84. The van der Waals surface area contributed by atoms with Gasteiger partial charge in [0.25, 0.3) is 0 Å². The lowest BCUT2D eigenvalue weighted by molar-refractivity contribution is 0.590. The molecule has 4 aromatic carbocycles. The van der Waals surface area contributed by atoms with Crippen molar-refractivity contribution in [3.8, 4) is 0 Å². The van der Waals surface area contributed by atoms with Crippen LogP contribution in [0.25, 0.3) is 0 Å². The molecule has 0 N–H and O–H groups in total. The van der Waals surface area contributed by atoms with Gasteiger partial charge in [0.05, 0.1) is 0 Å². The summed E-state index contributed by atoms with van der Waals surface area (Å²) in [7, 11) is 0. The number of aryl methyl sites for hydroxylation is 8. The SMILES string of the molecule is Cc1cc(C)c(C)c(C)c1.Cc1cc(C)cc(C)c1.Cc1ccc(C(C)(C)C)cc1.Cc1ccc(CC(C)C)cc1. The molecule has 0 bridgehead atoms. The average molecular weight is 551 g/mol. The van der Waals surface area contributed by atoms with Crippen LogP contribution in [0.4, 0.5) is 0 Å². The van der Waals surface area contributed by atoms with Crippen LogP contribution in [0.3, 0.4) is 0 Å². The summed E-state index contributed by atoms with van der Waals surface area (Å²) in [5.74, 6) is 0.762. The van der Waals surface area contributed by atoms with Crippen LogP contribution in [0.1, 0.15) is 95.8 Å². The summed E-state index contributed by atoms with van der Waals surface area (Å²) in [5, 5.41) is 0. The maximum atomic E-state index is 2.25. The van der Waals surface area contributed by atoms with E-state index in [0.29, 0.717) is 0 Å². The monoisotopic (exact) mass is 550 g/mol. The van der Waals surface area contributed by atoms with Gasteiger partial charge in [0.1, 0.15) is 0 Å². The zero-order chi connectivity index (χ0) is 31.3. The Hall–Kier alpha value is -3.12. The second-order valence-electron chi connectivity index (χ2n) is 13.4. The van der Waals surface area contributed by atoms with Crippen LogP contribution >= 0.6 is 0 Å². The normalized spacial score (nSPS) is 10.5. The molecule has 4 rings (SSSR count). The smallest absolute Gasteiger partial charge is 0.0132 e. The summed E-state index contributed by atoms with van der Waals surface area (Å²) in [4.78, 5) is 0. The number of rotatable bonds is 2. The van der Waals surface area contributed by atoms with Crippen LogP contribution < -0.4 is 0 Å².